The molecule has 0 spiro atoms. The number of nitrogens with one attached hydrogen (secondary N) is 2. The van der Waals surface area contributed by atoms with E-state index in [9.17, 15) is 4.79 Å². The van der Waals surface area contributed by atoms with E-state index in [-0.39, 0.29) is 12.5 Å². The summed E-state index contributed by atoms with van der Waals surface area (Å²) in [4.78, 5) is 12.1. The number of aromatic amines is 1. The molecule has 0 bridgehead atoms. The Balaban J connectivity index is 1.76. The van der Waals surface area contributed by atoms with Crippen LogP contribution in [0.4, 0.5) is 0 Å². The number of rotatable bonds is 9. The number of aryl methyl sites for hydroxylation is 3. The van der Waals surface area contributed by atoms with Gasteiger partial charge in [0.2, 0.25) is 5.91 Å². The van der Waals surface area contributed by atoms with E-state index in [1.165, 1.54) is 11.1 Å². The van der Waals surface area contributed by atoms with Crippen molar-refractivity contribution in [2.45, 2.75) is 53.5 Å². The van der Waals surface area contributed by atoms with Crippen LogP contribution in [-0.4, -0.2) is 33.8 Å². The molecule has 2 N–H and O–H groups in total. The first kappa shape index (κ1) is 20.2. The second-order valence-electron chi connectivity index (χ2n) is 6.54. The minimum absolute atomic E-state index is 0.0672. The fourth-order valence-corrected chi connectivity index (χ4v) is 2.98. The van der Waals surface area contributed by atoms with Crippen LogP contribution >= 0.6 is 12.2 Å². The standard InChI is InChI=1S/C19H28N4O2S/c1-5-7-17-21-22-19(26)23(17)12-18(24)20-8-6-9-25-16-11-13(2)10-14(3)15(16)4/h10-11H,5-9,12H2,1-4H3,(H,20,24)(H,22,26). The molecule has 1 amide bonds. The number of carbonyl (C=O) groups is 1. The number of hydrogen-bond donors (Lipinski definition) is 2. The van der Waals surface area contributed by atoms with Gasteiger partial charge in [0, 0.05) is 13.0 Å². The van der Waals surface area contributed by atoms with E-state index in [1.54, 1.807) is 4.57 Å². The fourth-order valence-electron chi connectivity index (χ4n) is 2.76. The van der Waals surface area contributed by atoms with E-state index in [0.717, 1.165) is 36.4 Å². The lowest BCUT2D eigenvalue weighted by atomic mass is 10.1. The van der Waals surface area contributed by atoms with Crippen molar-refractivity contribution >= 4 is 18.1 Å². The molecule has 2 rings (SSSR count). The lowest BCUT2D eigenvalue weighted by molar-refractivity contribution is -0.121. The Kier molecular flexibility index (Phi) is 7.38. The van der Waals surface area contributed by atoms with Gasteiger partial charge in [-0.15, -0.1) is 0 Å². The first-order chi connectivity index (χ1) is 12.4. The summed E-state index contributed by atoms with van der Waals surface area (Å²) in [7, 11) is 0. The summed E-state index contributed by atoms with van der Waals surface area (Å²) in [5.74, 6) is 1.67. The third kappa shape index (κ3) is 5.42. The zero-order valence-electron chi connectivity index (χ0n) is 16.0. The first-order valence-electron chi connectivity index (χ1n) is 9.03. The van der Waals surface area contributed by atoms with Gasteiger partial charge in [-0.05, 0) is 68.6 Å². The van der Waals surface area contributed by atoms with E-state index < -0.39 is 0 Å². The highest BCUT2D eigenvalue weighted by molar-refractivity contribution is 7.71. The second kappa shape index (κ2) is 9.52. The zero-order valence-corrected chi connectivity index (χ0v) is 16.8. The quantitative estimate of drug-likeness (QED) is 0.520. The van der Waals surface area contributed by atoms with Crippen LogP contribution in [0.2, 0.25) is 0 Å². The van der Waals surface area contributed by atoms with E-state index in [4.69, 9.17) is 17.0 Å². The van der Waals surface area contributed by atoms with Gasteiger partial charge < -0.3 is 10.1 Å². The molecule has 6 nitrogen and oxygen atoms in total. The van der Waals surface area contributed by atoms with Crippen molar-refractivity contribution in [3.8, 4) is 5.75 Å². The Morgan fingerprint density at radius 1 is 1.35 bits per heavy atom. The highest BCUT2D eigenvalue weighted by Crippen LogP contribution is 2.23. The highest BCUT2D eigenvalue weighted by Gasteiger charge is 2.09. The maximum absolute atomic E-state index is 12.1. The van der Waals surface area contributed by atoms with Crippen LogP contribution in [0.1, 0.15) is 42.3 Å². The molecule has 1 heterocycles. The van der Waals surface area contributed by atoms with Crippen molar-refractivity contribution in [1.29, 1.82) is 0 Å². The molecule has 0 aliphatic heterocycles. The average molecular weight is 377 g/mol. The smallest absolute Gasteiger partial charge is 0.240 e. The molecule has 0 fully saturated rings. The van der Waals surface area contributed by atoms with Gasteiger partial charge in [-0.2, -0.15) is 5.10 Å². The van der Waals surface area contributed by atoms with Gasteiger partial charge in [0.05, 0.1) is 6.61 Å². The summed E-state index contributed by atoms with van der Waals surface area (Å²) in [5.41, 5.74) is 3.58. The third-order valence-electron chi connectivity index (χ3n) is 4.28. The molecule has 0 unspecified atom stereocenters. The number of carbonyl (C=O) groups excluding carboxylic acids is 1. The average Bonchev–Trinajstić information content (AvgIpc) is 2.92. The monoisotopic (exact) mass is 376 g/mol. The molecule has 0 aliphatic rings. The van der Waals surface area contributed by atoms with Crippen LogP contribution in [0.5, 0.6) is 5.75 Å². The predicted molar refractivity (Wildman–Crippen MR) is 105 cm³/mol. The number of ether oxygens (including phenoxy) is 1. The van der Waals surface area contributed by atoms with Crippen molar-refractivity contribution < 1.29 is 9.53 Å². The molecule has 0 radical (unpaired) electrons. The molecule has 2 aromatic rings. The minimum atomic E-state index is -0.0672. The van der Waals surface area contributed by atoms with Crippen LogP contribution in [0.15, 0.2) is 12.1 Å². The Hall–Kier alpha value is -2.15. The van der Waals surface area contributed by atoms with Gasteiger partial charge >= 0.3 is 0 Å². The molecule has 0 saturated heterocycles. The summed E-state index contributed by atoms with van der Waals surface area (Å²) in [6, 6.07) is 4.20. The molecule has 142 valence electrons. The SMILES string of the molecule is CCCc1n[nH]c(=S)n1CC(=O)NCCCOc1cc(C)cc(C)c1C. The van der Waals surface area contributed by atoms with Gasteiger partial charge in [-0.1, -0.05) is 13.0 Å². The van der Waals surface area contributed by atoms with Crippen LogP contribution in [0.3, 0.4) is 0 Å². The molecular formula is C19H28N4O2S. The van der Waals surface area contributed by atoms with Crippen molar-refractivity contribution in [2.24, 2.45) is 0 Å². The molecule has 7 heteroatoms. The molecular weight excluding hydrogens is 348 g/mol. The van der Waals surface area contributed by atoms with Gasteiger partial charge in [0.15, 0.2) is 4.77 Å². The van der Waals surface area contributed by atoms with Crippen molar-refractivity contribution in [1.82, 2.24) is 20.1 Å². The predicted octanol–water partition coefficient (Wildman–Crippen LogP) is 3.40. The summed E-state index contributed by atoms with van der Waals surface area (Å²) in [6.45, 7) is 9.61. The van der Waals surface area contributed by atoms with Crippen LogP contribution in [0.25, 0.3) is 0 Å². The van der Waals surface area contributed by atoms with Crippen LogP contribution in [-0.2, 0) is 17.8 Å². The Labute approximate surface area is 160 Å². The number of aromatic nitrogens is 3. The van der Waals surface area contributed by atoms with Crippen LogP contribution < -0.4 is 10.1 Å². The summed E-state index contributed by atoms with van der Waals surface area (Å²) < 4.78 is 8.11. The number of nitrogens with zero attached hydrogens (tertiary/aromatic N) is 2. The lowest BCUT2D eigenvalue weighted by Gasteiger charge is -2.13. The van der Waals surface area contributed by atoms with E-state index in [2.05, 4.69) is 55.3 Å². The molecule has 1 aromatic heterocycles. The molecule has 1 aromatic carbocycles. The highest BCUT2D eigenvalue weighted by atomic mass is 32.1. The van der Waals surface area contributed by atoms with E-state index in [0.29, 0.717) is 17.9 Å². The first-order valence-corrected chi connectivity index (χ1v) is 9.44. The lowest BCUT2D eigenvalue weighted by Crippen LogP contribution is -2.29. The number of amides is 1. The number of H-pyrrole nitrogens is 1. The summed E-state index contributed by atoms with van der Waals surface area (Å²) >= 11 is 5.19. The fraction of sp³-hybridized carbons (Fsp3) is 0.526. The van der Waals surface area contributed by atoms with Crippen molar-refractivity contribution in [2.75, 3.05) is 13.2 Å². The van der Waals surface area contributed by atoms with Gasteiger partial charge in [-0.3, -0.25) is 14.5 Å². The third-order valence-corrected chi connectivity index (χ3v) is 4.59. The summed E-state index contributed by atoms with van der Waals surface area (Å²) in [5, 5.41) is 9.84. The molecule has 26 heavy (non-hydrogen) atoms. The largest absolute Gasteiger partial charge is 0.493 e. The zero-order chi connectivity index (χ0) is 19.1. The number of hydrogen-bond acceptors (Lipinski definition) is 4. The Bertz CT molecular complexity index is 810. The van der Waals surface area contributed by atoms with E-state index >= 15 is 0 Å². The maximum Gasteiger partial charge on any atom is 0.240 e. The van der Waals surface area contributed by atoms with Gasteiger partial charge in [-0.25, -0.2) is 0 Å². The Morgan fingerprint density at radius 2 is 2.12 bits per heavy atom. The Morgan fingerprint density at radius 3 is 2.85 bits per heavy atom. The topological polar surface area (TPSA) is 71.9 Å². The van der Waals surface area contributed by atoms with Crippen molar-refractivity contribution in [3.63, 3.8) is 0 Å². The number of benzene rings is 1. The van der Waals surface area contributed by atoms with Crippen LogP contribution in [0, 0.1) is 25.5 Å². The summed E-state index contributed by atoms with van der Waals surface area (Å²) in [6.07, 6.45) is 2.50. The van der Waals surface area contributed by atoms with E-state index in [1.807, 2.05) is 0 Å². The van der Waals surface area contributed by atoms with Gasteiger partial charge in [0.25, 0.3) is 0 Å². The van der Waals surface area contributed by atoms with Gasteiger partial charge in [0.1, 0.15) is 18.1 Å². The molecule has 0 saturated carbocycles. The minimum Gasteiger partial charge on any atom is -0.493 e. The maximum atomic E-state index is 12.1. The second-order valence-corrected chi connectivity index (χ2v) is 6.92. The normalized spacial score (nSPS) is 10.8. The van der Waals surface area contributed by atoms with Crippen molar-refractivity contribution in [3.05, 3.63) is 39.4 Å². The molecule has 0 aliphatic carbocycles. The molecule has 0 atom stereocenters.